The molecule has 0 amide bonds. The fourth-order valence-corrected chi connectivity index (χ4v) is 3.03. The maximum atomic E-state index is 10.7. The molecule has 0 saturated heterocycles. The molecule has 9 heteroatoms. The van der Waals surface area contributed by atoms with Crippen LogP contribution < -0.4 is 10.3 Å². The fourth-order valence-electron chi connectivity index (χ4n) is 1.64. The summed E-state index contributed by atoms with van der Waals surface area (Å²) < 4.78 is 47.4. The van der Waals surface area contributed by atoms with Crippen molar-refractivity contribution in [3.8, 4) is 0 Å². The van der Waals surface area contributed by atoms with Crippen molar-refractivity contribution < 1.29 is 21.6 Å². The number of sulfonamides is 2. The molecule has 1 aliphatic heterocycles. The summed E-state index contributed by atoms with van der Waals surface area (Å²) >= 11 is 0. The third kappa shape index (κ3) is 5.87. The van der Waals surface area contributed by atoms with Crippen LogP contribution in [0.5, 0.6) is 0 Å². The zero-order valence-corrected chi connectivity index (χ0v) is 12.4. The van der Waals surface area contributed by atoms with Gasteiger partial charge in [0.15, 0.2) is 0 Å². The standard InChI is InChI=1S/C6H11NO2S.C5H7NO3S/c7-10(8,9)6-4-2-1-3-5-6;6-10(7,8)5-1-3-9-4-2-5/h1-2,6H,3-5H2,(H2,7,8,9);1-3H,4H2,(H2,6,7,8). The summed E-state index contributed by atoms with van der Waals surface area (Å²) in [5, 5.41) is 9.42. The molecule has 7 nitrogen and oxygen atoms in total. The lowest BCUT2D eigenvalue weighted by atomic mass is 10.1. The summed E-state index contributed by atoms with van der Waals surface area (Å²) in [5.74, 6) is 0. The number of nitrogens with two attached hydrogens (primary N) is 2. The van der Waals surface area contributed by atoms with Gasteiger partial charge in [0.2, 0.25) is 20.0 Å². The first-order chi connectivity index (χ1) is 9.21. The van der Waals surface area contributed by atoms with Gasteiger partial charge in [-0.1, -0.05) is 12.2 Å². The summed E-state index contributed by atoms with van der Waals surface area (Å²) in [5.41, 5.74) is 0. The molecule has 1 unspecified atom stereocenters. The van der Waals surface area contributed by atoms with Gasteiger partial charge >= 0.3 is 0 Å². The molecule has 0 saturated carbocycles. The van der Waals surface area contributed by atoms with Crippen LogP contribution in [-0.4, -0.2) is 28.7 Å². The second-order valence-electron chi connectivity index (χ2n) is 4.28. The molecule has 0 aromatic rings. The van der Waals surface area contributed by atoms with Crippen molar-refractivity contribution in [3.05, 3.63) is 35.5 Å². The monoisotopic (exact) mass is 322 g/mol. The Labute approximate surface area is 119 Å². The normalized spacial score (nSPS) is 22.3. The van der Waals surface area contributed by atoms with Crippen molar-refractivity contribution in [2.45, 2.75) is 24.5 Å². The van der Waals surface area contributed by atoms with Crippen LogP contribution in [0.4, 0.5) is 0 Å². The highest BCUT2D eigenvalue weighted by atomic mass is 32.2. The van der Waals surface area contributed by atoms with E-state index >= 15 is 0 Å². The molecule has 1 heterocycles. The molecule has 1 atom stereocenters. The lowest BCUT2D eigenvalue weighted by molar-refractivity contribution is 0.285. The SMILES string of the molecule is NS(=O)(=O)C1=CCOC=C1.NS(=O)(=O)C1CC=CCC1. The lowest BCUT2D eigenvalue weighted by Gasteiger charge is -2.14. The highest BCUT2D eigenvalue weighted by molar-refractivity contribution is 7.93. The molecule has 0 bridgehead atoms. The number of rotatable bonds is 2. The highest BCUT2D eigenvalue weighted by Crippen LogP contribution is 2.15. The third-order valence-corrected chi connectivity index (χ3v) is 5.04. The quantitative estimate of drug-likeness (QED) is 0.696. The maximum absolute atomic E-state index is 10.7. The van der Waals surface area contributed by atoms with Gasteiger partial charge in [0.25, 0.3) is 0 Å². The van der Waals surface area contributed by atoms with E-state index in [1.807, 2.05) is 12.2 Å². The van der Waals surface area contributed by atoms with Gasteiger partial charge in [0, 0.05) is 0 Å². The van der Waals surface area contributed by atoms with Gasteiger partial charge in [0.1, 0.15) is 6.61 Å². The Morgan fingerprint density at radius 1 is 1.15 bits per heavy atom. The Bertz CT molecular complexity index is 617. The van der Waals surface area contributed by atoms with E-state index in [1.165, 1.54) is 18.4 Å². The zero-order chi connectivity index (χ0) is 15.2. The van der Waals surface area contributed by atoms with Crippen LogP contribution >= 0.6 is 0 Å². The second-order valence-corrected chi connectivity index (χ2v) is 7.69. The molecular formula is C11H18N2O5S2. The van der Waals surface area contributed by atoms with E-state index < -0.39 is 20.0 Å². The van der Waals surface area contributed by atoms with Crippen molar-refractivity contribution >= 4 is 20.0 Å². The smallest absolute Gasteiger partial charge is 0.237 e. The van der Waals surface area contributed by atoms with Crippen LogP contribution in [0.25, 0.3) is 0 Å². The topological polar surface area (TPSA) is 130 Å². The van der Waals surface area contributed by atoms with E-state index in [1.54, 1.807) is 0 Å². The summed E-state index contributed by atoms with van der Waals surface area (Å²) in [4.78, 5) is 0.110. The molecule has 0 fully saturated rings. The van der Waals surface area contributed by atoms with Crippen molar-refractivity contribution in [2.75, 3.05) is 6.61 Å². The van der Waals surface area contributed by atoms with Crippen LogP contribution in [0.3, 0.4) is 0 Å². The van der Waals surface area contributed by atoms with Crippen LogP contribution in [0.15, 0.2) is 35.5 Å². The molecule has 1 aliphatic carbocycles. The first-order valence-corrected chi connectivity index (χ1v) is 9.04. The van der Waals surface area contributed by atoms with E-state index in [0.717, 1.165) is 6.42 Å². The molecule has 2 aliphatic rings. The summed E-state index contributed by atoms with van der Waals surface area (Å²) in [6, 6.07) is 0. The molecule has 114 valence electrons. The lowest BCUT2D eigenvalue weighted by Crippen LogP contribution is -2.28. The van der Waals surface area contributed by atoms with Crippen LogP contribution in [0.1, 0.15) is 19.3 Å². The first-order valence-electron chi connectivity index (χ1n) is 5.89. The van der Waals surface area contributed by atoms with E-state index in [2.05, 4.69) is 0 Å². The average Bonchev–Trinajstić information content (AvgIpc) is 2.40. The molecular weight excluding hydrogens is 304 g/mol. The van der Waals surface area contributed by atoms with Gasteiger partial charge in [0.05, 0.1) is 16.4 Å². The van der Waals surface area contributed by atoms with Crippen molar-refractivity contribution in [3.63, 3.8) is 0 Å². The first kappa shape index (κ1) is 16.9. The van der Waals surface area contributed by atoms with E-state index in [4.69, 9.17) is 15.0 Å². The number of allylic oxidation sites excluding steroid dienone is 3. The Hall–Kier alpha value is -1.16. The molecule has 2 rings (SSSR count). The fraction of sp³-hybridized carbons (Fsp3) is 0.455. The van der Waals surface area contributed by atoms with Gasteiger partial charge in [-0.05, 0) is 31.4 Å². The van der Waals surface area contributed by atoms with Crippen LogP contribution in [0, 0.1) is 0 Å². The number of hydrogen-bond acceptors (Lipinski definition) is 5. The minimum atomic E-state index is -3.53. The van der Waals surface area contributed by atoms with Gasteiger partial charge in [-0.25, -0.2) is 27.1 Å². The summed E-state index contributed by atoms with van der Waals surface area (Å²) in [7, 11) is -6.81. The predicted molar refractivity (Wildman–Crippen MR) is 76.2 cm³/mol. The summed E-state index contributed by atoms with van der Waals surface area (Å²) in [6.07, 6.45) is 9.99. The van der Waals surface area contributed by atoms with Gasteiger partial charge in [-0.15, -0.1) is 0 Å². The van der Waals surface area contributed by atoms with Gasteiger partial charge < -0.3 is 4.74 Å². The zero-order valence-electron chi connectivity index (χ0n) is 10.8. The van der Waals surface area contributed by atoms with Crippen molar-refractivity contribution in [1.29, 1.82) is 0 Å². The van der Waals surface area contributed by atoms with E-state index in [0.29, 0.717) is 12.8 Å². The molecule has 0 aromatic carbocycles. The molecule has 0 radical (unpaired) electrons. The predicted octanol–water partition coefficient (Wildman–Crippen LogP) is 0.0863. The Morgan fingerprint density at radius 2 is 1.85 bits per heavy atom. The Morgan fingerprint density at radius 3 is 2.15 bits per heavy atom. The molecule has 0 spiro atoms. The van der Waals surface area contributed by atoms with Crippen LogP contribution in [-0.2, 0) is 24.8 Å². The average molecular weight is 322 g/mol. The molecule has 0 aromatic heterocycles. The number of primary sulfonamides is 2. The van der Waals surface area contributed by atoms with E-state index in [9.17, 15) is 16.8 Å². The maximum Gasteiger partial charge on any atom is 0.237 e. The van der Waals surface area contributed by atoms with Crippen molar-refractivity contribution in [1.82, 2.24) is 0 Å². The summed E-state index contributed by atoms with van der Waals surface area (Å²) in [6.45, 7) is 0.266. The second kappa shape index (κ2) is 7.02. The van der Waals surface area contributed by atoms with Crippen LogP contribution in [0.2, 0.25) is 0 Å². The molecule has 20 heavy (non-hydrogen) atoms. The van der Waals surface area contributed by atoms with Crippen molar-refractivity contribution in [2.24, 2.45) is 10.3 Å². The van der Waals surface area contributed by atoms with Gasteiger partial charge in [-0.2, -0.15) is 0 Å². The van der Waals surface area contributed by atoms with Gasteiger partial charge in [-0.3, -0.25) is 0 Å². The Kier molecular flexibility index (Phi) is 5.93. The highest BCUT2D eigenvalue weighted by Gasteiger charge is 2.20. The number of ether oxygens (including phenoxy) is 1. The molecule has 4 N–H and O–H groups in total. The Balaban J connectivity index is 0.000000200. The minimum Gasteiger partial charge on any atom is -0.497 e. The largest absolute Gasteiger partial charge is 0.497 e. The number of hydrogen-bond donors (Lipinski definition) is 2. The third-order valence-electron chi connectivity index (χ3n) is 2.72. The minimum absolute atomic E-state index is 0.110. The van der Waals surface area contributed by atoms with E-state index in [-0.39, 0.29) is 16.8 Å².